The van der Waals surface area contributed by atoms with Crippen LogP contribution in [0.3, 0.4) is 0 Å². The van der Waals surface area contributed by atoms with E-state index in [4.69, 9.17) is 5.26 Å². The first-order valence-corrected chi connectivity index (χ1v) is 8.29. The monoisotopic (exact) mass is 319 g/mol. The number of thiophene rings is 1. The van der Waals surface area contributed by atoms with Crippen molar-refractivity contribution in [2.75, 3.05) is 5.32 Å². The lowest BCUT2D eigenvalue weighted by atomic mass is 10.3. The summed E-state index contributed by atoms with van der Waals surface area (Å²) < 4.78 is 2.03. The molecule has 0 aromatic carbocycles. The number of carbonyl (C=O) groups is 1. The second-order valence-corrected chi connectivity index (χ2v) is 7.00. The van der Waals surface area contributed by atoms with Gasteiger partial charge < -0.3 is 9.88 Å². The maximum Gasteiger partial charge on any atom is 0.238 e. The number of nitriles is 1. The number of hydrogen-bond acceptors (Lipinski definition) is 6. The summed E-state index contributed by atoms with van der Waals surface area (Å²) in [6.07, 6.45) is 4.01. The van der Waals surface area contributed by atoms with Crippen LogP contribution in [0.5, 0.6) is 0 Å². The van der Waals surface area contributed by atoms with E-state index in [9.17, 15) is 4.79 Å². The van der Waals surface area contributed by atoms with Crippen molar-refractivity contribution in [1.29, 1.82) is 5.26 Å². The molecule has 8 heteroatoms. The largest absolute Gasteiger partial charge is 0.316 e. The third-order valence-corrected chi connectivity index (χ3v) is 5.06. The molecule has 1 unspecified atom stereocenters. The Bertz CT molecular complexity index is 697. The highest BCUT2D eigenvalue weighted by molar-refractivity contribution is 8.00. The molecule has 0 saturated heterocycles. The van der Waals surface area contributed by atoms with Crippen LogP contribution in [0.25, 0.3) is 0 Å². The van der Waals surface area contributed by atoms with Crippen molar-refractivity contribution in [3.05, 3.63) is 23.3 Å². The Morgan fingerprint density at radius 1 is 1.67 bits per heavy atom. The fourth-order valence-corrected chi connectivity index (χ4v) is 3.47. The van der Waals surface area contributed by atoms with Crippen LogP contribution < -0.4 is 5.32 Å². The molecular weight excluding hydrogens is 306 g/mol. The number of carbonyl (C=O) groups excluding carboxylic acids is 1. The van der Waals surface area contributed by atoms with Crippen LogP contribution in [0.15, 0.2) is 22.9 Å². The summed E-state index contributed by atoms with van der Waals surface area (Å²) in [5.74, 6) is -0.135. The van der Waals surface area contributed by atoms with E-state index < -0.39 is 0 Å². The van der Waals surface area contributed by atoms with Gasteiger partial charge in [-0.2, -0.15) is 5.26 Å². The molecule has 1 amide bonds. The van der Waals surface area contributed by atoms with E-state index in [0.717, 1.165) is 18.0 Å². The van der Waals surface area contributed by atoms with E-state index in [0.29, 0.717) is 16.6 Å². The zero-order chi connectivity index (χ0) is 14.8. The van der Waals surface area contributed by atoms with Gasteiger partial charge in [0.25, 0.3) is 0 Å². The van der Waals surface area contributed by atoms with Crippen LogP contribution in [0.2, 0.25) is 0 Å². The minimum atomic E-state index is -0.305. The Labute approximate surface area is 130 Å². The van der Waals surface area contributed by atoms with Gasteiger partial charge in [-0.1, -0.05) is 11.8 Å². The van der Waals surface area contributed by atoms with Gasteiger partial charge in [-0.25, -0.2) is 0 Å². The first-order chi connectivity index (χ1) is 10.2. The summed E-state index contributed by atoms with van der Waals surface area (Å²) in [5.41, 5.74) is 0.492. The smallest absolute Gasteiger partial charge is 0.238 e. The van der Waals surface area contributed by atoms with E-state index in [1.54, 1.807) is 17.8 Å². The van der Waals surface area contributed by atoms with E-state index in [2.05, 4.69) is 21.6 Å². The van der Waals surface area contributed by atoms with Crippen LogP contribution in [0.1, 0.15) is 31.4 Å². The van der Waals surface area contributed by atoms with Gasteiger partial charge in [0.05, 0.1) is 10.8 Å². The second-order valence-electron chi connectivity index (χ2n) is 4.78. The number of nitrogens with zero attached hydrogens (tertiary/aromatic N) is 4. The number of rotatable bonds is 5. The molecule has 3 rings (SSSR count). The number of nitrogens with one attached hydrogen (secondary N) is 1. The molecule has 1 aliphatic carbocycles. The average Bonchev–Trinajstić information content (AvgIpc) is 3.05. The van der Waals surface area contributed by atoms with Gasteiger partial charge in [0.2, 0.25) is 5.91 Å². The highest BCUT2D eigenvalue weighted by atomic mass is 32.2. The van der Waals surface area contributed by atoms with Gasteiger partial charge in [0, 0.05) is 6.04 Å². The number of thioether (sulfide) groups is 1. The van der Waals surface area contributed by atoms with Gasteiger partial charge >= 0.3 is 0 Å². The van der Waals surface area contributed by atoms with Gasteiger partial charge in [-0.15, -0.1) is 21.5 Å². The molecule has 1 aliphatic rings. The number of hydrogen-bond donors (Lipinski definition) is 1. The van der Waals surface area contributed by atoms with Gasteiger partial charge in [0.15, 0.2) is 5.16 Å². The van der Waals surface area contributed by atoms with Crippen molar-refractivity contribution >= 4 is 34.0 Å². The molecule has 1 N–H and O–H groups in total. The Balaban J connectivity index is 1.65. The third-order valence-electron chi connectivity index (χ3n) is 3.15. The maximum atomic E-state index is 12.2. The standard InChI is InChI=1S/C13H13N5OS2/c1-8(11(19)16-12-9(6-14)4-5-20-12)21-13-17-15-7-18(13)10-2-3-10/h4-5,7-8,10H,2-3H2,1H3,(H,16,19). The van der Waals surface area contributed by atoms with E-state index in [-0.39, 0.29) is 11.2 Å². The predicted molar refractivity (Wildman–Crippen MR) is 81.3 cm³/mol. The van der Waals surface area contributed by atoms with Crippen molar-refractivity contribution < 1.29 is 4.79 Å². The lowest BCUT2D eigenvalue weighted by Crippen LogP contribution is -2.22. The minimum Gasteiger partial charge on any atom is -0.316 e. The Morgan fingerprint density at radius 2 is 2.48 bits per heavy atom. The lowest BCUT2D eigenvalue weighted by molar-refractivity contribution is -0.115. The molecule has 1 saturated carbocycles. The van der Waals surface area contributed by atoms with E-state index in [1.807, 2.05) is 11.5 Å². The molecule has 0 spiro atoms. The summed E-state index contributed by atoms with van der Waals surface area (Å²) in [7, 11) is 0. The molecule has 2 aromatic rings. The topological polar surface area (TPSA) is 83.6 Å². The predicted octanol–water partition coefficient (Wildman–Crippen LogP) is 2.67. The summed E-state index contributed by atoms with van der Waals surface area (Å²) in [6, 6.07) is 4.24. The summed E-state index contributed by atoms with van der Waals surface area (Å²) in [6.45, 7) is 1.82. The molecular formula is C13H13N5OS2. The van der Waals surface area contributed by atoms with Crippen LogP contribution >= 0.6 is 23.1 Å². The van der Waals surface area contributed by atoms with Gasteiger partial charge in [-0.05, 0) is 31.2 Å². The fourth-order valence-electron chi connectivity index (χ4n) is 1.84. The molecule has 0 bridgehead atoms. The summed E-state index contributed by atoms with van der Waals surface area (Å²) in [5, 5.41) is 22.6. The van der Waals surface area contributed by atoms with Crippen molar-refractivity contribution in [3.63, 3.8) is 0 Å². The van der Waals surface area contributed by atoms with Crippen molar-refractivity contribution in [1.82, 2.24) is 14.8 Å². The Morgan fingerprint density at radius 3 is 3.19 bits per heavy atom. The lowest BCUT2D eigenvalue weighted by Gasteiger charge is -2.11. The molecule has 1 fully saturated rings. The first-order valence-electron chi connectivity index (χ1n) is 6.53. The van der Waals surface area contributed by atoms with Crippen molar-refractivity contribution in [3.8, 4) is 6.07 Å². The van der Waals surface area contributed by atoms with Crippen molar-refractivity contribution in [2.24, 2.45) is 0 Å². The van der Waals surface area contributed by atoms with Crippen LogP contribution in [0, 0.1) is 11.3 Å². The first kappa shape index (κ1) is 14.1. The number of amides is 1. The zero-order valence-electron chi connectivity index (χ0n) is 11.3. The summed E-state index contributed by atoms with van der Waals surface area (Å²) >= 11 is 2.74. The maximum absolute atomic E-state index is 12.2. The highest BCUT2D eigenvalue weighted by Gasteiger charge is 2.28. The second kappa shape index (κ2) is 5.87. The van der Waals surface area contributed by atoms with Crippen LogP contribution in [-0.4, -0.2) is 25.9 Å². The molecule has 6 nitrogen and oxygen atoms in total. The van der Waals surface area contributed by atoms with E-state index >= 15 is 0 Å². The zero-order valence-corrected chi connectivity index (χ0v) is 12.9. The highest BCUT2D eigenvalue weighted by Crippen LogP contribution is 2.38. The van der Waals surface area contributed by atoms with Crippen LogP contribution in [0.4, 0.5) is 5.00 Å². The Kier molecular flexibility index (Phi) is 3.94. The average molecular weight is 319 g/mol. The van der Waals surface area contributed by atoms with E-state index in [1.165, 1.54) is 23.1 Å². The van der Waals surface area contributed by atoms with Gasteiger partial charge in [-0.3, -0.25) is 4.79 Å². The molecule has 2 aromatic heterocycles. The van der Waals surface area contributed by atoms with Crippen molar-refractivity contribution in [2.45, 2.75) is 36.2 Å². The quantitative estimate of drug-likeness (QED) is 0.857. The normalized spacial score (nSPS) is 15.4. The third kappa shape index (κ3) is 3.09. The molecule has 21 heavy (non-hydrogen) atoms. The molecule has 2 heterocycles. The SMILES string of the molecule is CC(Sc1nncn1C1CC1)C(=O)Nc1sccc1C#N. The van der Waals surface area contributed by atoms with Gasteiger partial charge in [0.1, 0.15) is 17.4 Å². The Hall–Kier alpha value is -1.85. The fraction of sp³-hybridized carbons (Fsp3) is 0.385. The molecule has 108 valence electrons. The minimum absolute atomic E-state index is 0.135. The van der Waals surface area contributed by atoms with Crippen LogP contribution in [-0.2, 0) is 4.79 Å². The molecule has 0 radical (unpaired) electrons. The number of anilines is 1. The summed E-state index contributed by atoms with van der Waals surface area (Å²) in [4.78, 5) is 12.2. The molecule has 0 aliphatic heterocycles. The number of aromatic nitrogens is 3. The molecule has 1 atom stereocenters.